The van der Waals surface area contributed by atoms with Gasteiger partial charge < -0.3 is 9.88 Å². The third-order valence-electron chi connectivity index (χ3n) is 3.78. The summed E-state index contributed by atoms with van der Waals surface area (Å²) in [5.74, 6) is 1.07. The van der Waals surface area contributed by atoms with Gasteiger partial charge in [-0.1, -0.05) is 39.0 Å². The minimum Gasteiger partial charge on any atom is -0.331 e. The Balaban J connectivity index is 2.25. The first-order valence-electron chi connectivity index (χ1n) is 8.15. The predicted molar refractivity (Wildman–Crippen MR) is 89.3 cm³/mol. The van der Waals surface area contributed by atoms with E-state index in [0.717, 1.165) is 38.2 Å². The summed E-state index contributed by atoms with van der Waals surface area (Å²) in [6, 6.07) is 9.23. The van der Waals surface area contributed by atoms with E-state index in [1.807, 2.05) is 6.20 Å². The highest BCUT2D eigenvalue weighted by molar-refractivity contribution is 5.57. The van der Waals surface area contributed by atoms with E-state index in [9.17, 15) is 0 Å². The average Bonchev–Trinajstić information content (AvgIpc) is 2.97. The van der Waals surface area contributed by atoms with E-state index in [2.05, 4.69) is 66.1 Å². The van der Waals surface area contributed by atoms with Crippen molar-refractivity contribution >= 4 is 0 Å². The van der Waals surface area contributed by atoms with Crippen LogP contribution in [0.25, 0.3) is 11.4 Å². The molecule has 0 aliphatic rings. The second kappa shape index (κ2) is 7.99. The highest BCUT2D eigenvalue weighted by Gasteiger charge is 2.11. The Bertz CT molecular complexity index is 545. The molecule has 1 aromatic carbocycles. The monoisotopic (exact) mass is 285 g/mol. The van der Waals surface area contributed by atoms with Gasteiger partial charge in [-0.25, -0.2) is 4.98 Å². The van der Waals surface area contributed by atoms with Crippen LogP contribution in [0.2, 0.25) is 0 Å². The number of hydrogen-bond acceptors (Lipinski definition) is 2. The Kier molecular flexibility index (Phi) is 6.00. The Morgan fingerprint density at radius 1 is 1.19 bits per heavy atom. The van der Waals surface area contributed by atoms with Crippen molar-refractivity contribution in [3.63, 3.8) is 0 Å². The normalized spacial score (nSPS) is 12.5. The zero-order chi connectivity index (χ0) is 15.1. The molecule has 0 fully saturated rings. The number of benzene rings is 1. The zero-order valence-electron chi connectivity index (χ0n) is 13.5. The summed E-state index contributed by atoms with van der Waals surface area (Å²) in [6.45, 7) is 8.72. The van der Waals surface area contributed by atoms with Crippen LogP contribution in [-0.2, 0) is 6.54 Å². The largest absolute Gasteiger partial charge is 0.331 e. The van der Waals surface area contributed by atoms with Crippen LogP contribution < -0.4 is 5.32 Å². The lowest BCUT2D eigenvalue weighted by Gasteiger charge is -2.18. The Hall–Kier alpha value is -1.61. The third-order valence-corrected chi connectivity index (χ3v) is 3.78. The van der Waals surface area contributed by atoms with Crippen molar-refractivity contribution < 1.29 is 0 Å². The van der Waals surface area contributed by atoms with Gasteiger partial charge in [0.1, 0.15) is 5.82 Å². The van der Waals surface area contributed by atoms with Crippen LogP contribution in [-0.4, -0.2) is 16.1 Å². The average molecular weight is 285 g/mol. The molecule has 0 amide bonds. The number of hydrogen-bond donors (Lipinski definition) is 1. The number of nitrogens with zero attached hydrogens (tertiary/aromatic N) is 2. The van der Waals surface area contributed by atoms with Crippen molar-refractivity contribution in [2.45, 2.75) is 52.6 Å². The van der Waals surface area contributed by atoms with Crippen LogP contribution in [0, 0.1) is 0 Å². The second-order valence-corrected chi connectivity index (χ2v) is 5.48. The smallest absolute Gasteiger partial charge is 0.139 e. The highest BCUT2D eigenvalue weighted by atomic mass is 15.1. The number of aromatic nitrogens is 2. The first-order valence-corrected chi connectivity index (χ1v) is 8.15. The van der Waals surface area contributed by atoms with E-state index in [0.29, 0.717) is 6.04 Å². The minimum atomic E-state index is 0.430. The van der Waals surface area contributed by atoms with Crippen LogP contribution in [0.5, 0.6) is 0 Å². The van der Waals surface area contributed by atoms with Crippen LogP contribution in [0.15, 0.2) is 36.7 Å². The summed E-state index contributed by atoms with van der Waals surface area (Å²) in [5, 5.41) is 3.62. The molecule has 0 aliphatic heterocycles. The molecule has 2 rings (SSSR count). The highest BCUT2D eigenvalue weighted by Crippen LogP contribution is 2.24. The van der Waals surface area contributed by atoms with Gasteiger partial charge in [-0.2, -0.15) is 0 Å². The van der Waals surface area contributed by atoms with Crippen LogP contribution in [0.3, 0.4) is 0 Å². The van der Waals surface area contributed by atoms with E-state index in [1.54, 1.807) is 0 Å². The molecule has 0 spiro atoms. The molecule has 0 saturated heterocycles. The standard InChI is InChI=1S/C18H27N3/c1-4-10-19-17(6-3)15-8-7-9-16(14-15)18-20-11-13-21(18)12-5-2/h7-9,11,13-14,17,19H,4-6,10,12H2,1-3H3. The lowest BCUT2D eigenvalue weighted by molar-refractivity contribution is 0.518. The quantitative estimate of drug-likeness (QED) is 0.778. The molecular formula is C18H27N3. The summed E-state index contributed by atoms with van der Waals surface area (Å²) in [6.07, 6.45) is 7.35. The molecule has 0 saturated carbocycles. The molecule has 2 aromatic rings. The van der Waals surface area contributed by atoms with Gasteiger partial charge in [0, 0.05) is 30.5 Å². The fraction of sp³-hybridized carbons (Fsp3) is 0.500. The topological polar surface area (TPSA) is 29.9 Å². The van der Waals surface area contributed by atoms with E-state index in [-0.39, 0.29) is 0 Å². The molecule has 1 heterocycles. The van der Waals surface area contributed by atoms with Crippen molar-refractivity contribution in [1.82, 2.24) is 14.9 Å². The maximum atomic E-state index is 4.54. The second-order valence-electron chi connectivity index (χ2n) is 5.48. The number of aryl methyl sites for hydroxylation is 1. The Morgan fingerprint density at radius 3 is 2.76 bits per heavy atom. The van der Waals surface area contributed by atoms with Crippen molar-refractivity contribution in [3.05, 3.63) is 42.2 Å². The van der Waals surface area contributed by atoms with Gasteiger partial charge in [0.15, 0.2) is 0 Å². The fourth-order valence-electron chi connectivity index (χ4n) is 2.70. The maximum absolute atomic E-state index is 4.54. The maximum Gasteiger partial charge on any atom is 0.139 e. The minimum absolute atomic E-state index is 0.430. The van der Waals surface area contributed by atoms with E-state index >= 15 is 0 Å². The molecule has 114 valence electrons. The summed E-state index contributed by atoms with van der Waals surface area (Å²) in [5.41, 5.74) is 2.57. The molecule has 1 N–H and O–H groups in total. The van der Waals surface area contributed by atoms with Gasteiger partial charge >= 0.3 is 0 Å². The summed E-state index contributed by atoms with van der Waals surface area (Å²) in [7, 11) is 0. The van der Waals surface area contributed by atoms with Crippen molar-refractivity contribution in [3.8, 4) is 11.4 Å². The number of nitrogens with one attached hydrogen (secondary N) is 1. The lowest BCUT2D eigenvalue weighted by atomic mass is 10.0. The molecule has 1 atom stereocenters. The van der Waals surface area contributed by atoms with Gasteiger partial charge in [0.2, 0.25) is 0 Å². The Morgan fingerprint density at radius 2 is 2.05 bits per heavy atom. The molecule has 0 bridgehead atoms. The van der Waals surface area contributed by atoms with E-state index in [1.165, 1.54) is 11.1 Å². The molecule has 0 aliphatic carbocycles. The van der Waals surface area contributed by atoms with Crippen molar-refractivity contribution in [1.29, 1.82) is 0 Å². The van der Waals surface area contributed by atoms with Gasteiger partial charge in [-0.3, -0.25) is 0 Å². The van der Waals surface area contributed by atoms with Crippen LogP contribution in [0.4, 0.5) is 0 Å². The molecule has 3 nitrogen and oxygen atoms in total. The van der Waals surface area contributed by atoms with Gasteiger partial charge in [0.25, 0.3) is 0 Å². The molecule has 1 aromatic heterocycles. The molecule has 0 radical (unpaired) electrons. The summed E-state index contributed by atoms with van der Waals surface area (Å²) in [4.78, 5) is 4.54. The van der Waals surface area contributed by atoms with E-state index < -0.39 is 0 Å². The van der Waals surface area contributed by atoms with Crippen molar-refractivity contribution in [2.75, 3.05) is 6.54 Å². The molecular weight excluding hydrogens is 258 g/mol. The number of rotatable bonds is 8. The third kappa shape index (κ3) is 3.94. The van der Waals surface area contributed by atoms with Gasteiger partial charge in [-0.15, -0.1) is 0 Å². The van der Waals surface area contributed by atoms with Gasteiger partial charge in [-0.05, 0) is 37.4 Å². The predicted octanol–water partition coefficient (Wildman–Crippen LogP) is 4.41. The van der Waals surface area contributed by atoms with Crippen LogP contribution >= 0.6 is 0 Å². The van der Waals surface area contributed by atoms with Crippen molar-refractivity contribution in [2.24, 2.45) is 0 Å². The first-order chi connectivity index (χ1) is 10.3. The molecule has 21 heavy (non-hydrogen) atoms. The molecule has 1 unspecified atom stereocenters. The van der Waals surface area contributed by atoms with E-state index in [4.69, 9.17) is 0 Å². The van der Waals surface area contributed by atoms with Crippen LogP contribution in [0.1, 0.15) is 51.6 Å². The molecule has 3 heteroatoms. The summed E-state index contributed by atoms with van der Waals surface area (Å²) >= 11 is 0. The van der Waals surface area contributed by atoms with Gasteiger partial charge in [0.05, 0.1) is 0 Å². The zero-order valence-corrected chi connectivity index (χ0v) is 13.5. The fourth-order valence-corrected chi connectivity index (χ4v) is 2.70. The SMILES string of the molecule is CCCNC(CC)c1cccc(-c2nccn2CCC)c1. The summed E-state index contributed by atoms with van der Waals surface area (Å²) < 4.78 is 2.24. The number of imidazole rings is 1. The Labute approximate surface area is 128 Å². The first kappa shape index (κ1) is 15.8. The lowest BCUT2D eigenvalue weighted by Crippen LogP contribution is -2.21.